The second-order valence-electron chi connectivity index (χ2n) is 6.81. The Morgan fingerprint density at radius 3 is 2.53 bits per heavy atom. The Hall–Kier alpha value is -3.53. The molecule has 0 unspecified atom stereocenters. The number of fused-ring (bicyclic) bond motifs is 1. The molecule has 0 amide bonds. The Labute approximate surface area is 172 Å². The fourth-order valence-corrected chi connectivity index (χ4v) is 3.63. The van der Waals surface area contributed by atoms with Gasteiger partial charge < -0.3 is 10.5 Å². The van der Waals surface area contributed by atoms with Crippen LogP contribution in [0, 0.1) is 12.7 Å². The molecule has 0 atom stereocenters. The summed E-state index contributed by atoms with van der Waals surface area (Å²) < 4.78 is 45.6. The van der Waals surface area contributed by atoms with Gasteiger partial charge in [0.2, 0.25) is 15.0 Å². The third kappa shape index (κ3) is 3.35. The summed E-state index contributed by atoms with van der Waals surface area (Å²) in [6, 6.07) is 11.6. The van der Waals surface area contributed by atoms with E-state index in [4.69, 9.17) is 10.5 Å². The molecule has 2 aromatic carbocycles. The Morgan fingerprint density at radius 1 is 1.13 bits per heavy atom. The highest BCUT2D eigenvalue weighted by Gasteiger charge is 2.24. The van der Waals surface area contributed by atoms with E-state index in [-0.39, 0.29) is 28.1 Å². The van der Waals surface area contributed by atoms with Crippen LogP contribution in [-0.4, -0.2) is 41.5 Å². The van der Waals surface area contributed by atoms with E-state index in [0.29, 0.717) is 11.4 Å². The Bertz CT molecular complexity index is 1400. The molecule has 154 valence electrons. The number of ether oxygens (including phenoxy) is 1. The monoisotopic (exact) mass is 427 g/mol. The molecular formula is C20H18FN5O3S. The molecule has 30 heavy (non-hydrogen) atoms. The molecule has 4 aromatic rings. The first-order valence-electron chi connectivity index (χ1n) is 8.86. The third-order valence-corrected chi connectivity index (χ3v) is 5.40. The Morgan fingerprint density at radius 2 is 1.90 bits per heavy atom. The molecule has 0 saturated heterocycles. The summed E-state index contributed by atoms with van der Waals surface area (Å²) in [5.41, 5.74) is 8.14. The standard InChI is InChI=1S/C20H18FN5O3S/c1-11-5-4-6-12(9-11)26-18(22)16-17(14-8-7-13(29-2)10-15(14)21)23-20(30(3,27)28)24-19(16)25-26/h4-10H,22H2,1-3H3. The maximum atomic E-state index is 14.8. The number of nitrogen functional groups attached to an aromatic ring is 1. The Kier molecular flexibility index (Phi) is 4.65. The first kappa shape index (κ1) is 19.8. The number of methoxy groups -OCH3 is 1. The summed E-state index contributed by atoms with van der Waals surface area (Å²) in [5, 5.41) is 4.17. The topological polar surface area (TPSA) is 113 Å². The van der Waals surface area contributed by atoms with Gasteiger partial charge in [-0.25, -0.2) is 22.5 Å². The molecule has 10 heteroatoms. The summed E-state index contributed by atoms with van der Waals surface area (Å²) in [6.07, 6.45) is 0.975. The number of aryl methyl sites for hydroxylation is 1. The van der Waals surface area contributed by atoms with Crippen molar-refractivity contribution >= 4 is 26.7 Å². The third-order valence-electron chi connectivity index (χ3n) is 4.56. The highest BCUT2D eigenvalue weighted by atomic mass is 32.2. The minimum atomic E-state index is -3.78. The van der Waals surface area contributed by atoms with Crippen LogP contribution in [0.2, 0.25) is 0 Å². The van der Waals surface area contributed by atoms with Crippen molar-refractivity contribution in [3.05, 3.63) is 53.8 Å². The van der Waals surface area contributed by atoms with E-state index in [9.17, 15) is 12.8 Å². The number of halogens is 1. The molecule has 0 spiro atoms. The molecule has 4 rings (SSSR count). The lowest BCUT2D eigenvalue weighted by Crippen LogP contribution is -2.06. The predicted molar refractivity (Wildman–Crippen MR) is 111 cm³/mol. The van der Waals surface area contributed by atoms with Gasteiger partial charge in [-0.2, -0.15) is 4.98 Å². The second kappa shape index (κ2) is 7.06. The first-order valence-corrected chi connectivity index (χ1v) is 10.8. The zero-order valence-electron chi connectivity index (χ0n) is 16.4. The van der Waals surface area contributed by atoms with E-state index in [0.717, 1.165) is 11.8 Å². The SMILES string of the molecule is COc1ccc(-c2nc(S(C)(=O)=O)nc3nn(-c4cccc(C)c4)c(N)c23)c(F)c1. The van der Waals surface area contributed by atoms with Crippen LogP contribution in [-0.2, 0) is 9.84 Å². The maximum Gasteiger partial charge on any atom is 0.249 e. The van der Waals surface area contributed by atoms with Crippen LogP contribution < -0.4 is 10.5 Å². The van der Waals surface area contributed by atoms with Crippen molar-refractivity contribution in [3.63, 3.8) is 0 Å². The zero-order chi connectivity index (χ0) is 21.6. The van der Waals surface area contributed by atoms with Gasteiger partial charge >= 0.3 is 0 Å². The smallest absolute Gasteiger partial charge is 0.249 e. The van der Waals surface area contributed by atoms with Crippen LogP contribution in [0.25, 0.3) is 28.0 Å². The maximum absolute atomic E-state index is 14.8. The summed E-state index contributed by atoms with van der Waals surface area (Å²) in [7, 11) is -2.37. The number of anilines is 1. The summed E-state index contributed by atoms with van der Waals surface area (Å²) in [5.74, 6) is -0.161. The van der Waals surface area contributed by atoms with E-state index in [1.54, 1.807) is 12.1 Å². The van der Waals surface area contributed by atoms with Crippen molar-refractivity contribution in [2.45, 2.75) is 12.1 Å². The molecule has 2 N–H and O–H groups in total. The highest BCUT2D eigenvalue weighted by molar-refractivity contribution is 7.90. The van der Waals surface area contributed by atoms with Gasteiger partial charge in [-0.05, 0) is 36.8 Å². The van der Waals surface area contributed by atoms with Gasteiger partial charge in [-0.15, -0.1) is 5.10 Å². The second-order valence-corrected chi connectivity index (χ2v) is 8.72. The van der Waals surface area contributed by atoms with Crippen LogP contribution in [0.5, 0.6) is 5.75 Å². The number of sulfone groups is 1. The average molecular weight is 427 g/mol. The van der Waals surface area contributed by atoms with Crippen LogP contribution in [0.1, 0.15) is 5.56 Å². The van der Waals surface area contributed by atoms with E-state index in [1.807, 2.05) is 25.1 Å². The lowest BCUT2D eigenvalue weighted by atomic mass is 10.1. The molecule has 0 bridgehead atoms. The molecule has 0 saturated carbocycles. The van der Waals surface area contributed by atoms with Crippen LogP contribution in [0.3, 0.4) is 0 Å². The molecule has 0 aliphatic carbocycles. The summed E-state index contributed by atoms with van der Waals surface area (Å²) in [6.45, 7) is 1.92. The zero-order valence-corrected chi connectivity index (χ0v) is 17.2. The summed E-state index contributed by atoms with van der Waals surface area (Å²) in [4.78, 5) is 8.20. The summed E-state index contributed by atoms with van der Waals surface area (Å²) >= 11 is 0. The fourth-order valence-electron chi connectivity index (χ4n) is 3.12. The first-order chi connectivity index (χ1) is 14.2. The number of aromatic nitrogens is 4. The van der Waals surface area contributed by atoms with Gasteiger partial charge in [0.1, 0.15) is 17.4 Å². The van der Waals surface area contributed by atoms with Crippen molar-refractivity contribution < 1.29 is 17.5 Å². The van der Waals surface area contributed by atoms with E-state index in [2.05, 4.69) is 15.1 Å². The van der Waals surface area contributed by atoms with Gasteiger partial charge in [0.15, 0.2) is 5.65 Å². The fraction of sp³-hybridized carbons (Fsp3) is 0.150. The van der Waals surface area contributed by atoms with Gasteiger partial charge in [-0.3, -0.25) is 0 Å². The molecule has 8 nitrogen and oxygen atoms in total. The van der Waals surface area contributed by atoms with E-state index in [1.165, 1.54) is 23.9 Å². The number of rotatable bonds is 4. The minimum absolute atomic E-state index is 0.0389. The molecule has 0 fully saturated rings. The lowest BCUT2D eigenvalue weighted by Gasteiger charge is -2.08. The van der Waals surface area contributed by atoms with Gasteiger partial charge in [0, 0.05) is 17.9 Å². The molecular weight excluding hydrogens is 409 g/mol. The van der Waals surface area contributed by atoms with Crippen molar-refractivity contribution in [3.8, 4) is 22.7 Å². The number of nitrogens with zero attached hydrogens (tertiary/aromatic N) is 4. The average Bonchev–Trinajstić information content (AvgIpc) is 3.03. The van der Waals surface area contributed by atoms with Crippen LogP contribution in [0.4, 0.5) is 10.2 Å². The van der Waals surface area contributed by atoms with Crippen LogP contribution >= 0.6 is 0 Å². The normalized spacial score (nSPS) is 11.7. The van der Waals surface area contributed by atoms with Gasteiger partial charge in [0.25, 0.3) is 0 Å². The number of nitrogens with two attached hydrogens (primary N) is 1. The molecule has 0 aliphatic rings. The number of hydrogen-bond donors (Lipinski definition) is 1. The largest absolute Gasteiger partial charge is 0.497 e. The van der Waals surface area contributed by atoms with Crippen molar-refractivity contribution in [1.29, 1.82) is 0 Å². The molecule has 0 radical (unpaired) electrons. The highest BCUT2D eigenvalue weighted by Crippen LogP contribution is 2.35. The van der Waals surface area contributed by atoms with Gasteiger partial charge in [0.05, 0.1) is 23.9 Å². The Balaban J connectivity index is 2.08. The van der Waals surface area contributed by atoms with Crippen molar-refractivity contribution in [2.24, 2.45) is 0 Å². The number of hydrogen-bond acceptors (Lipinski definition) is 7. The minimum Gasteiger partial charge on any atom is -0.497 e. The molecule has 2 heterocycles. The van der Waals surface area contributed by atoms with Crippen LogP contribution in [0.15, 0.2) is 47.6 Å². The molecule has 2 aromatic heterocycles. The molecule has 0 aliphatic heterocycles. The van der Waals surface area contributed by atoms with E-state index >= 15 is 0 Å². The number of benzene rings is 2. The predicted octanol–water partition coefficient (Wildman–Crippen LogP) is 2.92. The van der Waals surface area contributed by atoms with Crippen molar-refractivity contribution in [1.82, 2.24) is 19.7 Å². The van der Waals surface area contributed by atoms with E-state index < -0.39 is 20.8 Å². The van der Waals surface area contributed by atoms with Crippen molar-refractivity contribution in [2.75, 3.05) is 19.1 Å². The quantitative estimate of drug-likeness (QED) is 0.498. The van der Waals surface area contributed by atoms with Gasteiger partial charge in [-0.1, -0.05) is 12.1 Å². The lowest BCUT2D eigenvalue weighted by molar-refractivity contribution is 0.411.